The van der Waals surface area contributed by atoms with Crippen molar-refractivity contribution in [2.45, 2.75) is 24.5 Å². The maximum atomic E-state index is 13.0. The molecule has 1 aliphatic rings. The van der Waals surface area contributed by atoms with E-state index in [2.05, 4.69) is 20.6 Å². The third-order valence-corrected chi connectivity index (χ3v) is 7.49. The Balaban J connectivity index is 1.55. The maximum absolute atomic E-state index is 13.0. The zero-order valence-corrected chi connectivity index (χ0v) is 19.6. The molecule has 0 radical (unpaired) electrons. The van der Waals surface area contributed by atoms with E-state index in [0.29, 0.717) is 39.2 Å². The first-order valence-electron chi connectivity index (χ1n) is 9.88. The molecule has 0 saturated carbocycles. The van der Waals surface area contributed by atoms with Crippen molar-refractivity contribution in [2.24, 2.45) is 12.2 Å². The van der Waals surface area contributed by atoms with Crippen molar-refractivity contribution in [3.63, 3.8) is 0 Å². The molecule has 4 rings (SSSR count). The summed E-state index contributed by atoms with van der Waals surface area (Å²) in [6, 6.07) is 8.14. The number of oxime groups is 1. The van der Waals surface area contributed by atoms with Crippen LogP contribution >= 0.6 is 21.9 Å². The van der Waals surface area contributed by atoms with Gasteiger partial charge in [0.25, 0.3) is 5.91 Å². The molecular formula is C21H23N5O5S2. The van der Waals surface area contributed by atoms with Gasteiger partial charge in [-0.15, -0.1) is 10.6 Å². The number of aryl methyl sites for hydroxylation is 1. The van der Waals surface area contributed by atoms with Crippen LogP contribution in [0.15, 0.2) is 63.8 Å². The summed E-state index contributed by atoms with van der Waals surface area (Å²) < 4.78 is 27.5. The Bertz CT molecular complexity index is 1200. The van der Waals surface area contributed by atoms with E-state index in [1.54, 1.807) is 67.6 Å². The van der Waals surface area contributed by atoms with E-state index in [9.17, 15) is 13.9 Å². The number of nitrogens with one attached hydrogen (secondary N) is 1. The molecule has 2 aromatic heterocycles. The molecule has 174 valence electrons. The quantitative estimate of drug-likeness (QED) is 0.290. The number of aromatic nitrogens is 3. The number of amides is 1. The van der Waals surface area contributed by atoms with Crippen LogP contribution in [0.3, 0.4) is 0 Å². The van der Waals surface area contributed by atoms with Crippen LogP contribution in [-0.2, 0) is 34.6 Å². The number of nitrogens with zero attached hydrogens (tertiary/aromatic N) is 4. The van der Waals surface area contributed by atoms with Crippen LogP contribution in [0.2, 0.25) is 0 Å². The molecule has 1 amide bonds. The highest BCUT2D eigenvalue weighted by Crippen LogP contribution is 2.61. The zero-order chi connectivity index (χ0) is 23.4. The average Bonchev–Trinajstić information content (AvgIpc) is 3.45. The van der Waals surface area contributed by atoms with Crippen molar-refractivity contribution in [1.29, 1.82) is 0 Å². The predicted molar refractivity (Wildman–Crippen MR) is 126 cm³/mol. The summed E-state index contributed by atoms with van der Waals surface area (Å²) in [5, 5.41) is 11.4. The lowest BCUT2D eigenvalue weighted by atomic mass is 10.1. The van der Waals surface area contributed by atoms with Gasteiger partial charge in [0.1, 0.15) is 5.69 Å². The van der Waals surface area contributed by atoms with Crippen molar-refractivity contribution < 1.29 is 23.5 Å². The van der Waals surface area contributed by atoms with Gasteiger partial charge in [-0.2, -0.15) is 5.10 Å². The van der Waals surface area contributed by atoms with Crippen molar-refractivity contribution in [3.05, 3.63) is 69.8 Å². The molecule has 0 saturated heterocycles. The van der Waals surface area contributed by atoms with Gasteiger partial charge < -0.3 is 9.57 Å². The Labute approximate surface area is 195 Å². The normalized spacial score (nSPS) is 14.1. The summed E-state index contributed by atoms with van der Waals surface area (Å²) in [5.74, 6) is -0.515. The molecule has 33 heavy (non-hydrogen) atoms. The molecule has 10 nitrogen and oxygen atoms in total. The number of hydrogen-bond acceptors (Lipinski definition) is 9. The second kappa shape index (κ2) is 9.85. The zero-order valence-electron chi connectivity index (χ0n) is 18.0. The van der Waals surface area contributed by atoms with Crippen LogP contribution < -0.4 is 5.32 Å². The third kappa shape index (κ3) is 5.67. The van der Waals surface area contributed by atoms with Crippen molar-refractivity contribution in [1.82, 2.24) is 14.8 Å². The van der Waals surface area contributed by atoms with Gasteiger partial charge in [0.15, 0.2) is 17.5 Å². The van der Waals surface area contributed by atoms with Crippen molar-refractivity contribution in [3.8, 4) is 0 Å². The van der Waals surface area contributed by atoms with Crippen LogP contribution in [0.5, 0.6) is 0 Å². The Kier molecular flexibility index (Phi) is 6.91. The fourth-order valence-corrected chi connectivity index (χ4v) is 5.03. The Morgan fingerprint density at radius 2 is 2.03 bits per heavy atom. The first-order chi connectivity index (χ1) is 15.9. The van der Waals surface area contributed by atoms with E-state index in [1.807, 2.05) is 0 Å². The summed E-state index contributed by atoms with van der Waals surface area (Å²) in [6.45, 7) is 0.478. The topological polar surface area (TPSA) is 131 Å². The van der Waals surface area contributed by atoms with Gasteiger partial charge in [-0.1, -0.05) is 34.7 Å². The number of carbonyl (C=O) groups excluding carboxylic acids is 1. The van der Waals surface area contributed by atoms with Crippen molar-refractivity contribution >= 4 is 38.7 Å². The van der Waals surface area contributed by atoms with E-state index in [-0.39, 0.29) is 12.3 Å². The van der Waals surface area contributed by atoms with Gasteiger partial charge in [0.05, 0.1) is 16.4 Å². The summed E-state index contributed by atoms with van der Waals surface area (Å²) >= 11 is 1.29. The highest BCUT2D eigenvalue weighted by molar-refractivity contribution is 8.27. The molecule has 0 spiro atoms. The van der Waals surface area contributed by atoms with Crippen LogP contribution in [-0.4, -0.2) is 42.6 Å². The number of thiazole rings is 1. The molecule has 0 bridgehead atoms. The molecule has 0 aliphatic heterocycles. The second-order valence-electron chi connectivity index (χ2n) is 7.16. The maximum Gasteiger partial charge on any atom is 0.280 e. The SMILES string of the molecule is COCc1cnc(NC(=O)C(=NOCc2ccn(C)n2)c2ccc(S(O)(O)C3=CC3)cc2)s1. The van der Waals surface area contributed by atoms with Gasteiger partial charge in [-0.3, -0.25) is 23.9 Å². The minimum Gasteiger partial charge on any atom is -0.389 e. The number of hydrogen-bond donors (Lipinski definition) is 3. The molecule has 0 atom stereocenters. The van der Waals surface area contributed by atoms with E-state index >= 15 is 0 Å². The summed E-state index contributed by atoms with van der Waals surface area (Å²) in [5.41, 5.74) is 1.13. The monoisotopic (exact) mass is 489 g/mol. The number of methoxy groups -OCH3 is 1. The summed E-state index contributed by atoms with van der Waals surface area (Å²) in [6.07, 6.45) is 5.78. The minimum atomic E-state index is -2.97. The van der Waals surface area contributed by atoms with E-state index in [0.717, 1.165) is 4.88 Å². The standard InChI is InChI=1S/C21H23N5O5S2/c1-26-10-9-15(24-26)12-31-25-19(20(27)23-21-22-11-16(32-21)13-30-2)14-3-5-17(6-4-14)33(28,29)18-7-8-18/h3-7,9-11,28-29H,8,12-13H2,1-2H3,(H,22,23,27). The number of rotatable bonds is 10. The predicted octanol–water partition coefficient (Wildman–Crippen LogP) is 3.98. The molecule has 2 heterocycles. The Morgan fingerprint density at radius 1 is 1.27 bits per heavy atom. The molecule has 1 aromatic carbocycles. The first kappa shape index (κ1) is 23.1. The van der Waals surface area contributed by atoms with Gasteiger partial charge >= 0.3 is 0 Å². The highest BCUT2D eigenvalue weighted by atomic mass is 32.3. The fourth-order valence-electron chi connectivity index (χ4n) is 2.89. The van der Waals surface area contributed by atoms with E-state index < -0.39 is 16.5 Å². The van der Waals surface area contributed by atoms with Crippen LogP contribution in [0.25, 0.3) is 0 Å². The number of benzene rings is 1. The molecule has 0 unspecified atom stereocenters. The lowest BCUT2D eigenvalue weighted by Gasteiger charge is -2.30. The summed E-state index contributed by atoms with van der Waals surface area (Å²) in [4.78, 5) is 24.5. The number of ether oxygens (including phenoxy) is 1. The van der Waals surface area contributed by atoms with Crippen LogP contribution in [0, 0.1) is 0 Å². The van der Waals surface area contributed by atoms with Crippen LogP contribution in [0.4, 0.5) is 5.13 Å². The van der Waals surface area contributed by atoms with E-state index in [4.69, 9.17) is 9.57 Å². The smallest absolute Gasteiger partial charge is 0.280 e. The summed E-state index contributed by atoms with van der Waals surface area (Å²) in [7, 11) is 0.405. The minimum absolute atomic E-state index is 0.0167. The molecule has 12 heteroatoms. The van der Waals surface area contributed by atoms with Crippen LogP contribution in [0.1, 0.15) is 22.6 Å². The fraction of sp³-hybridized carbons (Fsp3) is 0.238. The lowest BCUT2D eigenvalue weighted by Crippen LogP contribution is -2.24. The van der Waals surface area contributed by atoms with Crippen molar-refractivity contribution in [2.75, 3.05) is 12.4 Å². The molecule has 3 aromatic rings. The second-order valence-corrected chi connectivity index (χ2v) is 10.4. The van der Waals surface area contributed by atoms with Gasteiger partial charge in [0, 0.05) is 43.4 Å². The number of anilines is 1. The molecule has 3 N–H and O–H groups in total. The van der Waals surface area contributed by atoms with Gasteiger partial charge in [-0.25, -0.2) is 4.98 Å². The number of allylic oxidation sites excluding steroid dienone is 2. The van der Waals surface area contributed by atoms with E-state index in [1.165, 1.54) is 11.3 Å². The highest BCUT2D eigenvalue weighted by Gasteiger charge is 2.27. The number of carbonyl (C=O) groups is 1. The largest absolute Gasteiger partial charge is 0.389 e. The Morgan fingerprint density at radius 3 is 2.67 bits per heavy atom. The van der Waals surface area contributed by atoms with Gasteiger partial charge in [0.2, 0.25) is 0 Å². The third-order valence-electron chi connectivity index (χ3n) is 4.61. The Hall–Kier alpha value is -3.03. The molecule has 0 fully saturated rings. The molecular weight excluding hydrogens is 466 g/mol. The lowest BCUT2D eigenvalue weighted by molar-refractivity contribution is -0.110. The molecule has 1 aliphatic carbocycles. The first-order valence-corrected chi connectivity index (χ1v) is 12.2. The average molecular weight is 490 g/mol. The van der Waals surface area contributed by atoms with Gasteiger partial charge in [-0.05, 0) is 18.2 Å².